The third-order valence-electron chi connectivity index (χ3n) is 4.14. The van der Waals surface area contributed by atoms with Crippen LogP contribution in [0.15, 0.2) is 36.7 Å². The predicted octanol–water partition coefficient (Wildman–Crippen LogP) is 2.42. The Bertz CT molecular complexity index is 696. The molecule has 0 saturated carbocycles. The number of likely N-dealkylation sites (tertiary alicyclic amines) is 1. The van der Waals surface area contributed by atoms with Gasteiger partial charge in [0.2, 0.25) is 11.8 Å². The number of nitrogens with zero attached hydrogens (tertiary/aromatic N) is 2. The van der Waals surface area contributed by atoms with Crippen LogP contribution in [0, 0.1) is 0 Å². The maximum Gasteiger partial charge on any atom is 0.247 e. The van der Waals surface area contributed by atoms with E-state index in [1.54, 1.807) is 17.3 Å². The van der Waals surface area contributed by atoms with E-state index in [9.17, 15) is 9.59 Å². The van der Waals surface area contributed by atoms with Gasteiger partial charge in [0.1, 0.15) is 6.04 Å². The Morgan fingerprint density at radius 2 is 2.30 bits per heavy atom. The summed E-state index contributed by atoms with van der Waals surface area (Å²) in [5.74, 6) is -0.0637. The summed E-state index contributed by atoms with van der Waals surface area (Å²) >= 11 is 0. The molecule has 2 amide bonds. The number of carbonyl (C=O) groups excluding carboxylic acids is 2. The average molecular weight is 312 g/mol. The van der Waals surface area contributed by atoms with Gasteiger partial charge in [0, 0.05) is 30.4 Å². The maximum atomic E-state index is 12.6. The lowest BCUT2D eigenvalue weighted by molar-refractivity contribution is -0.135. The van der Waals surface area contributed by atoms with Crippen molar-refractivity contribution in [1.82, 2.24) is 15.1 Å². The highest BCUT2D eigenvalue weighted by Crippen LogP contribution is 2.22. The minimum Gasteiger partial charge on any atom is -0.331 e. The number of hydrogen-bond donors (Lipinski definition) is 2. The van der Waals surface area contributed by atoms with Gasteiger partial charge in [-0.15, -0.1) is 0 Å². The number of carbonyl (C=O) groups is 2. The van der Waals surface area contributed by atoms with Crippen molar-refractivity contribution >= 4 is 17.5 Å². The summed E-state index contributed by atoms with van der Waals surface area (Å²) in [5.41, 5.74) is 2.66. The quantitative estimate of drug-likeness (QED) is 0.890. The average Bonchev–Trinajstić information content (AvgIpc) is 3.21. The fourth-order valence-electron chi connectivity index (χ4n) is 2.96. The van der Waals surface area contributed by atoms with Crippen molar-refractivity contribution in [3.05, 3.63) is 36.7 Å². The Labute approximate surface area is 134 Å². The van der Waals surface area contributed by atoms with Crippen LogP contribution in [0.2, 0.25) is 0 Å². The van der Waals surface area contributed by atoms with Crippen molar-refractivity contribution in [2.75, 3.05) is 11.9 Å². The first-order chi connectivity index (χ1) is 11.2. The second kappa shape index (κ2) is 6.64. The van der Waals surface area contributed by atoms with Crippen molar-refractivity contribution < 1.29 is 9.59 Å². The van der Waals surface area contributed by atoms with E-state index in [-0.39, 0.29) is 11.8 Å². The molecule has 0 unspecified atom stereocenters. The molecule has 0 bridgehead atoms. The predicted molar refractivity (Wildman–Crippen MR) is 87.7 cm³/mol. The monoisotopic (exact) mass is 312 g/mol. The first-order valence-electron chi connectivity index (χ1n) is 7.88. The number of aromatic nitrogens is 2. The number of benzene rings is 1. The van der Waals surface area contributed by atoms with Crippen LogP contribution in [0.1, 0.15) is 26.2 Å². The first-order valence-corrected chi connectivity index (χ1v) is 7.88. The van der Waals surface area contributed by atoms with Crippen molar-refractivity contribution in [3.63, 3.8) is 0 Å². The van der Waals surface area contributed by atoms with Gasteiger partial charge >= 0.3 is 0 Å². The van der Waals surface area contributed by atoms with E-state index in [0.29, 0.717) is 19.4 Å². The Morgan fingerprint density at radius 1 is 1.43 bits per heavy atom. The SMILES string of the molecule is CC[C@H](C(=O)Nc1cccc(-c2cn[nH]c2)c1)N1CCCC1=O. The molecule has 2 aromatic rings. The van der Waals surface area contributed by atoms with Gasteiger partial charge < -0.3 is 10.2 Å². The third kappa shape index (κ3) is 3.26. The van der Waals surface area contributed by atoms with Crippen LogP contribution < -0.4 is 5.32 Å². The molecule has 6 nitrogen and oxygen atoms in total. The topological polar surface area (TPSA) is 78.1 Å². The van der Waals surface area contributed by atoms with Gasteiger partial charge in [-0.25, -0.2) is 0 Å². The zero-order chi connectivity index (χ0) is 16.2. The first kappa shape index (κ1) is 15.3. The van der Waals surface area contributed by atoms with Crippen LogP contribution >= 0.6 is 0 Å². The van der Waals surface area contributed by atoms with Gasteiger partial charge in [-0.05, 0) is 30.5 Å². The zero-order valence-electron chi connectivity index (χ0n) is 13.1. The standard InChI is InChI=1S/C17H20N4O2/c1-2-15(21-8-4-7-16(21)22)17(23)20-14-6-3-5-12(9-14)13-10-18-19-11-13/h3,5-6,9-11,15H,2,4,7-8H2,1H3,(H,18,19)(H,20,23)/t15-/m1/s1. The summed E-state index contributed by atoms with van der Waals surface area (Å²) in [5, 5.41) is 9.64. The lowest BCUT2D eigenvalue weighted by Gasteiger charge is -2.25. The minimum atomic E-state index is -0.400. The van der Waals surface area contributed by atoms with Gasteiger partial charge in [0.25, 0.3) is 0 Å². The van der Waals surface area contributed by atoms with E-state index in [0.717, 1.165) is 23.2 Å². The second-order valence-electron chi connectivity index (χ2n) is 5.67. The fraction of sp³-hybridized carbons (Fsp3) is 0.353. The zero-order valence-corrected chi connectivity index (χ0v) is 13.1. The molecule has 1 saturated heterocycles. The van der Waals surface area contributed by atoms with Crippen molar-refractivity contribution in [2.45, 2.75) is 32.2 Å². The summed E-state index contributed by atoms with van der Waals surface area (Å²) in [6.07, 6.45) is 5.52. The highest BCUT2D eigenvalue weighted by molar-refractivity contribution is 5.97. The molecule has 0 radical (unpaired) electrons. The normalized spacial score (nSPS) is 15.7. The van der Waals surface area contributed by atoms with E-state index in [1.165, 1.54) is 0 Å². The van der Waals surface area contributed by atoms with Crippen LogP contribution in [0.4, 0.5) is 5.69 Å². The number of nitrogens with one attached hydrogen (secondary N) is 2. The molecule has 1 fully saturated rings. The van der Waals surface area contributed by atoms with E-state index in [2.05, 4.69) is 15.5 Å². The Hall–Kier alpha value is -2.63. The summed E-state index contributed by atoms with van der Waals surface area (Å²) in [7, 11) is 0. The molecule has 120 valence electrons. The molecule has 1 aromatic heterocycles. The number of aromatic amines is 1. The smallest absolute Gasteiger partial charge is 0.247 e. The molecule has 0 spiro atoms. The number of anilines is 1. The molecule has 1 aliphatic rings. The molecule has 3 rings (SSSR count). The molecular formula is C17H20N4O2. The molecule has 1 aromatic carbocycles. The molecular weight excluding hydrogens is 292 g/mol. The fourth-order valence-corrected chi connectivity index (χ4v) is 2.96. The second-order valence-corrected chi connectivity index (χ2v) is 5.67. The molecule has 2 N–H and O–H groups in total. The van der Waals surface area contributed by atoms with Crippen LogP contribution in [-0.2, 0) is 9.59 Å². The van der Waals surface area contributed by atoms with Gasteiger partial charge in [0.05, 0.1) is 6.20 Å². The number of hydrogen-bond acceptors (Lipinski definition) is 3. The van der Waals surface area contributed by atoms with Crippen molar-refractivity contribution in [2.24, 2.45) is 0 Å². The van der Waals surface area contributed by atoms with Crippen LogP contribution in [0.25, 0.3) is 11.1 Å². The van der Waals surface area contributed by atoms with E-state index >= 15 is 0 Å². The lowest BCUT2D eigenvalue weighted by Crippen LogP contribution is -2.44. The van der Waals surface area contributed by atoms with E-state index in [4.69, 9.17) is 0 Å². The molecule has 0 aliphatic carbocycles. The molecule has 23 heavy (non-hydrogen) atoms. The van der Waals surface area contributed by atoms with Gasteiger partial charge in [-0.1, -0.05) is 19.1 Å². The summed E-state index contributed by atoms with van der Waals surface area (Å²) in [6.45, 7) is 2.59. The Morgan fingerprint density at radius 3 is 2.96 bits per heavy atom. The largest absolute Gasteiger partial charge is 0.331 e. The van der Waals surface area contributed by atoms with Crippen molar-refractivity contribution in [1.29, 1.82) is 0 Å². The Kier molecular flexibility index (Phi) is 4.41. The Balaban J connectivity index is 1.74. The van der Waals surface area contributed by atoms with Gasteiger partial charge in [-0.2, -0.15) is 5.10 Å². The van der Waals surface area contributed by atoms with E-state index in [1.807, 2.05) is 31.2 Å². The van der Waals surface area contributed by atoms with Crippen molar-refractivity contribution in [3.8, 4) is 11.1 Å². The number of H-pyrrole nitrogens is 1. The van der Waals surface area contributed by atoms with Crippen LogP contribution in [0.3, 0.4) is 0 Å². The third-order valence-corrected chi connectivity index (χ3v) is 4.14. The highest BCUT2D eigenvalue weighted by atomic mass is 16.2. The summed E-state index contributed by atoms with van der Waals surface area (Å²) in [6, 6.07) is 7.20. The van der Waals surface area contributed by atoms with Crippen LogP contribution in [-0.4, -0.2) is 39.5 Å². The summed E-state index contributed by atoms with van der Waals surface area (Å²) in [4.78, 5) is 26.1. The minimum absolute atomic E-state index is 0.0687. The molecule has 2 heterocycles. The molecule has 6 heteroatoms. The lowest BCUT2D eigenvalue weighted by atomic mass is 10.1. The van der Waals surface area contributed by atoms with Gasteiger partial charge in [0.15, 0.2) is 0 Å². The maximum absolute atomic E-state index is 12.6. The van der Waals surface area contributed by atoms with Gasteiger partial charge in [-0.3, -0.25) is 14.7 Å². The molecule has 1 atom stereocenters. The summed E-state index contributed by atoms with van der Waals surface area (Å²) < 4.78 is 0. The van der Waals surface area contributed by atoms with Crippen LogP contribution in [0.5, 0.6) is 0 Å². The molecule has 1 aliphatic heterocycles. The number of rotatable bonds is 5. The highest BCUT2D eigenvalue weighted by Gasteiger charge is 2.31. The number of amides is 2. The van der Waals surface area contributed by atoms with E-state index < -0.39 is 6.04 Å².